The molecule has 5 rings (SSSR count). The number of unbranched alkanes of at least 4 members (excludes halogenated alkanes) is 1. The minimum atomic E-state index is -0.199. The van der Waals surface area contributed by atoms with Crippen LogP contribution in [0.25, 0.3) is 22.6 Å². The van der Waals surface area contributed by atoms with Gasteiger partial charge in [-0.2, -0.15) is 0 Å². The molecule has 204 valence electrons. The molecule has 1 heterocycles. The zero-order chi connectivity index (χ0) is 27.7. The van der Waals surface area contributed by atoms with Gasteiger partial charge in [0.25, 0.3) is 0 Å². The molecule has 0 aliphatic rings. The summed E-state index contributed by atoms with van der Waals surface area (Å²) in [5.74, 6) is 1.10. The van der Waals surface area contributed by atoms with Crippen LogP contribution >= 0.6 is 0 Å². The van der Waals surface area contributed by atoms with Crippen molar-refractivity contribution in [3.8, 4) is 28.4 Å². The van der Waals surface area contributed by atoms with Gasteiger partial charge < -0.3 is 20.1 Å². The van der Waals surface area contributed by atoms with Gasteiger partial charge in [-0.05, 0) is 36.1 Å². The van der Waals surface area contributed by atoms with Crippen LogP contribution in [0, 0.1) is 0 Å². The molecule has 0 aliphatic heterocycles. The third-order valence-corrected chi connectivity index (χ3v) is 7.30. The van der Waals surface area contributed by atoms with E-state index in [1.807, 2.05) is 30.3 Å². The monoisotopic (exact) mass is 531 g/mol. The highest BCUT2D eigenvalue weighted by molar-refractivity contribution is 5.69. The van der Waals surface area contributed by atoms with Crippen molar-refractivity contribution in [3.05, 3.63) is 132 Å². The summed E-state index contributed by atoms with van der Waals surface area (Å²) in [6, 6.07) is 36.9. The fourth-order valence-electron chi connectivity index (χ4n) is 5.21. The molecule has 4 aromatic carbocycles. The Morgan fingerprint density at radius 3 is 2.10 bits per heavy atom. The Morgan fingerprint density at radius 2 is 1.45 bits per heavy atom. The van der Waals surface area contributed by atoms with Gasteiger partial charge in [-0.25, -0.2) is 4.98 Å². The molecule has 0 fully saturated rings. The van der Waals surface area contributed by atoms with Crippen LogP contribution in [0.1, 0.15) is 48.2 Å². The molecule has 3 N–H and O–H groups in total. The number of phenols is 1. The van der Waals surface area contributed by atoms with Crippen LogP contribution in [0.15, 0.2) is 109 Å². The van der Waals surface area contributed by atoms with Gasteiger partial charge in [0, 0.05) is 29.8 Å². The van der Waals surface area contributed by atoms with E-state index in [1.54, 1.807) is 6.07 Å². The zero-order valence-electron chi connectivity index (χ0n) is 23.0. The molecule has 0 bridgehead atoms. The molecule has 1 aromatic heterocycles. The minimum absolute atomic E-state index is 0.0363. The van der Waals surface area contributed by atoms with Crippen LogP contribution < -0.4 is 5.32 Å². The van der Waals surface area contributed by atoms with Crippen molar-refractivity contribution in [1.82, 2.24) is 14.9 Å². The first-order chi connectivity index (χ1) is 19.7. The molecule has 5 heteroatoms. The molecule has 5 nitrogen and oxygen atoms in total. The molecule has 0 saturated heterocycles. The molecule has 0 radical (unpaired) electrons. The van der Waals surface area contributed by atoms with E-state index in [0.717, 1.165) is 54.0 Å². The maximum Gasteiger partial charge on any atom is 0.140 e. The lowest BCUT2D eigenvalue weighted by Crippen LogP contribution is -2.26. The topological polar surface area (TPSA) is 70.3 Å². The Balaban J connectivity index is 1.65. The molecule has 1 unspecified atom stereocenters. The number of hydrogen-bond donors (Lipinski definition) is 3. The Morgan fingerprint density at radius 1 is 0.800 bits per heavy atom. The van der Waals surface area contributed by atoms with Gasteiger partial charge in [-0.3, -0.25) is 0 Å². The summed E-state index contributed by atoms with van der Waals surface area (Å²) >= 11 is 0. The quantitative estimate of drug-likeness (QED) is 0.158. The highest BCUT2D eigenvalue weighted by Gasteiger charge is 2.26. The molecule has 0 spiro atoms. The number of aliphatic hydroxyl groups excluding tert-OH is 1. The standard InChI is InChI=1S/C35H37N3O2/c1-2-3-21-38-34(33(28-15-9-5-10-16-28)37-35(38)29-17-11-6-12-18-29)31(23-26-13-7-4-8-14-26)36-24-27-19-20-32(40)30(22-27)25-39/h4-20,22,31,36,39-40H,2-3,21,23-25H2,1H3. The minimum Gasteiger partial charge on any atom is -0.508 e. The van der Waals surface area contributed by atoms with E-state index in [1.165, 1.54) is 11.3 Å². The van der Waals surface area contributed by atoms with E-state index in [2.05, 4.69) is 89.6 Å². The van der Waals surface area contributed by atoms with Crippen molar-refractivity contribution < 1.29 is 10.2 Å². The fourth-order valence-corrected chi connectivity index (χ4v) is 5.21. The highest BCUT2D eigenvalue weighted by Crippen LogP contribution is 2.35. The summed E-state index contributed by atoms with van der Waals surface area (Å²) in [7, 11) is 0. The SMILES string of the molecule is CCCCn1c(-c2ccccc2)nc(-c2ccccc2)c1C(Cc1ccccc1)NCc1ccc(O)c(CO)c1. The number of nitrogens with one attached hydrogen (secondary N) is 1. The third kappa shape index (κ3) is 6.33. The predicted octanol–water partition coefficient (Wildman–Crippen LogP) is 7.29. The average Bonchev–Trinajstić information content (AvgIpc) is 3.39. The number of imidazole rings is 1. The van der Waals surface area contributed by atoms with Gasteiger partial charge in [-0.15, -0.1) is 0 Å². The number of aliphatic hydroxyl groups is 1. The van der Waals surface area contributed by atoms with Crippen molar-refractivity contribution in [2.45, 2.75) is 51.9 Å². The molecule has 1 atom stereocenters. The Bertz CT molecular complexity index is 1500. The van der Waals surface area contributed by atoms with Gasteiger partial charge in [0.1, 0.15) is 11.6 Å². The van der Waals surface area contributed by atoms with Crippen molar-refractivity contribution >= 4 is 0 Å². The molecule has 40 heavy (non-hydrogen) atoms. The maximum atomic E-state index is 10.1. The van der Waals surface area contributed by atoms with Crippen LogP contribution in [0.5, 0.6) is 5.75 Å². The van der Waals surface area contributed by atoms with Crippen LogP contribution in [0.2, 0.25) is 0 Å². The van der Waals surface area contributed by atoms with E-state index in [4.69, 9.17) is 4.98 Å². The molecule has 0 amide bonds. The normalized spacial score (nSPS) is 11.9. The van der Waals surface area contributed by atoms with E-state index >= 15 is 0 Å². The maximum absolute atomic E-state index is 10.1. The first-order valence-electron chi connectivity index (χ1n) is 14.1. The summed E-state index contributed by atoms with van der Waals surface area (Å²) in [5.41, 5.74) is 7.13. The largest absolute Gasteiger partial charge is 0.508 e. The van der Waals surface area contributed by atoms with Crippen LogP contribution in [-0.2, 0) is 26.1 Å². The summed E-state index contributed by atoms with van der Waals surface area (Å²) in [4.78, 5) is 5.32. The molecule has 5 aromatic rings. The number of benzene rings is 4. The summed E-state index contributed by atoms with van der Waals surface area (Å²) < 4.78 is 2.41. The first kappa shape index (κ1) is 27.4. The first-order valence-corrected chi connectivity index (χ1v) is 14.1. The molecular formula is C35H37N3O2. The van der Waals surface area contributed by atoms with E-state index in [9.17, 15) is 10.2 Å². The smallest absolute Gasteiger partial charge is 0.140 e. The summed E-state index contributed by atoms with van der Waals surface area (Å²) in [6.45, 7) is 3.48. The summed E-state index contributed by atoms with van der Waals surface area (Å²) in [6.07, 6.45) is 2.92. The lowest BCUT2D eigenvalue weighted by molar-refractivity contribution is 0.275. The zero-order valence-corrected chi connectivity index (χ0v) is 23.0. The highest BCUT2D eigenvalue weighted by atomic mass is 16.3. The fraction of sp³-hybridized carbons (Fsp3) is 0.229. The third-order valence-electron chi connectivity index (χ3n) is 7.30. The lowest BCUT2D eigenvalue weighted by Gasteiger charge is -2.24. The molecular weight excluding hydrogens is 494 g/mol. The van der Waals surface area contributed by atoms with Crippen molar-refractivity contribution in [2.75, 3.05) is 0 Å². The number of aromatic nitrogens is 2. The van der Waals surface area contributed by atoms with Crippen molar-refractivity contribution in [1.29, 1.82) is 0 Å². The van der Waals surface area contributed by atoms with Crippen molar-refractivity contribution in [3.63, 3.8) is 0 Å². The second-order valence-corrected chi connectivity index (χ2v) is 10.2. The Kier molecular flexibility index (Phi) is 9.07. The van der Waals surface area contributed by atoms with Crippen molar-refractivity contribution in [2.24, 2.45) is 0 Å². The number of aromatic hydroxyl groups is 1. The van der Waals surface area contributed by atoms with Crippen LogP contribution in [0.4, 0.5) is 0 Å². The number of hydrogen-bond acceptors (Lipinski definition) is 4. The lowest BCUT2D eigenvalue weighted by atomic mass is 9.98. The molecule has 0 saturated carbocycles. The van der Waals surface area contributed by atoms with Gasteiger partial charge in [0.15, 0.2) is 0 Å². The van der Waals surface area contributed by atoms with E-state index in [-0.39, 0.29) is 18.4 Å². The number of nitrogens with zero attached hydrogens (tertiary/aromatic N) is 2. The number of rotatable bonds is 12. The summed E-state index contributed by atoms with van der Waals surface area (Å²) in [5, 5.41) is 23.6. The van der Waals surface area contributed by atoms with E-state index in [0.29, 0.717) is 12.1 Å². The van der Waals surface area contributed by atoms with Crippen LogP contribution in [0.3, 0.4) is 0 Å². The Hall–Kier alpha value is -4.19. The van der Waals surface area contributed by atoms with Gasteiger partial charge in [-0.1, -0.05) is 110 Å². The molecule has 0 aliphatic carbocycles. The van der Waals surface area contributed by atoms with E-state index < -0.39 is 0 Å². The average molecular weight is 532 g/mol. The predicted molar refractivity (Wildman–Crippen MR) is 162 cm³/mol. The Labute approximate surface area is 236 Å². The van der Waals surface area contributed by atoms with Gasteiger partial charge >= 0.3 is 0 Å². The second kappa shape index (κ2) is 13.2. The second-order valence-electron chi connectivity index (χ2n) is 10.2. The van der Waals surface area contributed by atoms with Gasteiger partial charge in [0.2, 0.25) is 0 Å². The van der Waals surface area contributed by atoms with Gasteiger partial charge in [0.05, 0.1) is 24.0 Å². The van der Waals surface area contributed by atoms with Crippen LogP contribution in [-0.4, -0.2) is 19.8 Å².